The number of hydrogen-bond acceptors (Lipinski definition) is 6. The molecule has 5 N–H and O–H groups in total. The second-order valence-electron chi connectivity index (χ2n) is 2.58. The highest BCUT2D eigenvalue weighted by molar-refractivity contribution is 7.60. The van der Waals surface area contributed by atoms with Crippen LogP contribution < -0.4 is 0 Å². The summed E-state index contributed by atoms with van der Waals surface area (Å²) in [7, 11) is -14.5. The molecule has 0 bridgehead atoms. The summed E-state index contributed by atoms with van der Waals surface area (Å²) in [5.41, 5.74) is 0. The van der Waals surface area contributed by atoms with Gasteiger partial charge in [-0.05, 0) is 0 Å². The van der Waals surface area contributed by atoms with E-state index in [1.807, 2.05) is 0 Å². The van der Waals surface area contributed by atoms with E-state index in [9.17, 15) is 13.7 Å². The fraction of sp³-hybridized carbons (Fsp3) is 1.00. The Morgan fingerprint density at radius 1 is 0.882 bits per heavy atom. The highest BCUT2D eigenvalue weighted by Gasteiger charge is 2.32. The fourth-order valence-corrected chi connectivity index (χ4v) is 2.49. The molecule has 0 heterocycles. The van der Waals surface area contributed by atoms with Crippen LogP contribution in [0.4, 0.5) is 0 Å². The van der Waals surface area contributed by atoms with Crippen molar-refractivity contribution in [2.24, 2.45) is 0 Å². The minimum atomic E-state index is -5.17. The maximum atomic E-state index is 10.8. The first-order valence-electron chi connectivity index (χ1n) is 3.78. The third-order valence-electron chi connectivity index (χ3n) is 0.951. The molecular weight excluding hydrogens is 305 g/mol. The standard InChI is InChI=1S/C3H11O11P3/c4-15(5,6)3-12-1-2-13-17(10,11)14-16(7,8)9/h1-3H2,(H,10,11)(H2,4,5,6)(H2,7,8,9). The van der Waals surface area contributed by atoms with E-state index in [1.165, 1.54) is 0 Å². The third kappa shape index (κ3) is 12.6. The number of phosphoric acid groups is 2. The minimum Gasteiger partial charge on any atom is -0.366 e. The Kier molecular flexibility index (Phi) is 6.65. The van der Waals surface area contributed by atoms with Crippen LogP contribution in [0, 0.1) is 0 Å². The zero-order chi connectivity index (χ0) is 13.7. The van der Waals surface area contributed by atoms with Crippen molar-refractivity contribution in [1.29, 1.82) is 0 Å². The number of hydrogen-bond donors (Lipinski definition) is 5. The largest absolute Gasteiger partial charge is 0.481 e. The van der Waals surface area contributed by atoms with E-state index in [-0.39, 0.29) is 0 Å². The highest BCUT2D eigenvalue weighted by atomic mass is 31.3. The molecule has 0 fully saturated rings. The average molecular weight is 316 g/mol. The van der Waals surface area contributed by atoms with Gasteiger partial charge in [0.1, 0.15) is 6.35 Å². The van der Waals surface area contributed by atoms with Crippen molar-refractivity contribution in [2.45, 2.75) is 0 Å². The van der Waals surface area contributed by atoms with Crippen LogP contribution in [0.2, 0.25) is 0 Å². The van der Waals surface area contributed by atoms with E-state index in [2.05, 4.69) is 13.6 Å². The summed E-state index contributed by atoms with van der Waals surface area (Å²) in [4.78, 5) is 41.8. The Morgan fingerprint density at radius 3 is 1.82 bits per heavy atom. The normalized spacial score (nSPS) is 16.8. The Morgan fingerprint density at radius 2 is 1.41 bits per heavy atom. The van der Waals surface area contributed by atoms with Gasteiger partial charge in [-0.2, -0.15) is 4.31 Å². The van der Waals surface area contributed by atoms with E-state index in [4.69, 9.17) is 24.5 Å². The first-order valence-corrected chi connectivity index (χ1v) is 8.60. The lowest BCUT2D eigenvalue weighted by Gasteiger charge is -2.12. The molecule has 1 atom stereocenters. The average Bonchev–Trinajstić information content (AvgIpc) is 1.95. The molecule has 1 unspecified atom stereocenters. The molecule has 0 spiro atoms. The Balaban J connectivity index is 3.86. The molecule has 0 aromatic carbocycles. The van der Waals surface area contributed by atoms with Gasteiger partial charge >= 0.3 is 23.2 Å². The number of phosphoric ester groups is 1. The SMILES string of the molecule is O=P(O)(O)COCCOP(=O)(O)OP(=O)(O)O. The van der Waals surface area contributed by atoms with Gasteiger partial charge in [0.15, 0.2) is 0 Å². The van der Waals surface area contributed by atoms with Gasteiger partial charge in [-0.3, -0.25) is 9.09 Å². The zero-order valence-corrected chi connectivity index (χ0v) is 10.8. The van der Waals surface area contributed by atoms with Gasteiger partial charge in [-0.15, -0.1) is 0 Å². The number of ether oxygens (including phenoxy) is 1. The van der Waals surface area contributed by atoms with Crippen LogP contribution >= 0.6 is 23.2 Å². The molecule has 17 heavy (non-hydrogen) atoms. The lowest BCUT2D eigenvalue weighted by atomic mass is 10.8. The van der Waals surface area contributed by atoms with Crippen LogP contribution in [-0.2, 0) is 27.3 Å². The molecular formula is C3H11O11P3. The molecule has 0 aliphatic heterocycles. The van der Waals surface area contributed by atoms with E-state index in [0.717, 1.165) is 0 Å². The van der Waals surface area contributed by atoms with Crippen LogP contribution in [0.5, 0.6) is 0 Å². The summed E-state index contributed by atoms with van der Waals surface area (Å²) < 4.78 is 43.1. The lowest BCUT2D eigenvalue weighted by Crippen LogP contribution is -2.05. The smallest absolute Gasteiger partial charge is 0.366 e. The molecule has 0 rings (SSSR count). The molecule has 0 radical (unpaired) electrons. The predicted octanol–water partition coefficient (Wildman–Crippen LogP) is -0.636. The maximum absolute atomic E-state index is 10.8. The summed E-state index contributed by atoms with van der Waals surface area (Å²) in [5, 5.41) is 0. The predicted molar refractivity (Wildman–Crippen MR) is 51.8 cm³/mol. The van der Waals surface area contributed by atoms with Crippen molar-refractivity contribution in [2.75, 3.05) is 19.6 Å². The van der Waals surface area contributed by atoms with Gasteiger partial charge in [-0.25, -0.2) is 9.13 Å². The summed E-state index contributed by atoms with van der Waals surface area (Å²) in [5.74, 6) is 0. The van der Waals surface area contributed by atoms with Gasteiger partial charge in [0, 0.05) is 0 Å². The molecule has 0 saturated heterocycles. The molecule has 11 nitrogen and oxygen atoms in total. The van der Waals surface area contributed by atoms with Crippen molar-refractivity contribution < 1.29 is 51.7 Å². The molecule has 104 valence electrons. The monoisotopic (exact) mass is 316 g/mol. The van der Waals surface area contributed by atoms with Crippen molar-refractivity contribution in [1.82, 2.24) is 0 Å². The minimum absolute atomic E-state index is 0.472. The zero-order valence-electron chi connectivity index (χ0n) is 8.15. The van der Waals surface area contributed by atoms with Crippen LogP contribution in [0.1, 0.15) is 0 Å². The first-order chi connectivity index (χ1) is 7.41. The lowest BCUT2D eigenvalue weighted by molar-refractivity contribution is 0.1000. The van der Waals surface area contributed by atoms with Crippen LogP contribution in [-0.4, -0.2) is 44.0 Å². The molecule has 0 aliphatic carbocycles. The first kappa shape index (κ1) is 17.4. The molecule has 0 aromatic rings. The van der Waals surface area contributed by atoms with E-state index >= 15 is 0 Å². The fourth-order valence-electron chi connectivity index (χ4n) is 0.553. The number of rotatable bonds is 8. The van der Waals surface area contributed by atoms with E-state index < -0.39 is 42.8 Å². The summed E-state index contributed by atoms with van der Waals surface area (Å²) in [6, 6.07) is 0. The second-order valence-corrected chi connectivity index (χ2v) is 6.99. The van der Waals surface area contributed by atoms with Crippen molar-refractivity contribution in [3.8, 4) is 0 Å². The molecule has 0 amide bonds. The topological polar surface area (TPSA) is 180 Å². The van der Waals surface area contributed by atoms with E-state index in [1.54, 1.807) is 0 Å². The van der Waals surface area contributed by atoms with Crippen LogP contribution in [0.3, 0.4) is 0 Å². The van der Waals surface area contributed by atoms with Gasteiger partial charge in [-0.1, -0.05) is 0 Å². The third-order valence-corrected chi connectivity index (χ3v) is 3.66. The Labute approximate surface area is 95.3 Å². The Hall–Kier alpha value is 0.370. The molecule has 0 aromatic heterocycles. The van der Waals surface area contributed by atoms with Gasteiger partial charge in [0.2, 0.25) is 0 Å². The van der Waals surface area contributed by atoms with E-state index in [0.29, 0.717) is 0 Å². The van der Waals surface area contributed by atoms with Gasteiger partial charge < -0.3 is 29.2 Å². The Bertz CT molecular complexity index is 364. The van der Waals surface area contributed by atoms with Crippen LogP contribution in [0.25, 0.3) is 0 Å². The van der Waals surface area contributed by atoms with Gasteiger partial charge in [0.05, 0.1) is 13.2 Å². The van der Waals surface area contributed by atoms with Crippen molar-refractivity contribution in [3.63, 3.8) is 0 Å². The molecule has 0 aliphatic rings. The van der Waals surface area contributed by atoms with Crippen molar-refractivity contribution >= 4 is 23.2 Å². The summed E-state index contributed by atoms with van der Waals surface area (Å²) in [6.07, 6.45) is -0.911. The summed E-state index contributed by atoms with van der Waals surface area (Å²) in [6.45, 7) is -1.12. The quantitative estimate of drug-likeness (QED) is 0.284. The van der Waals surface area contributed by atoms with Gasteiger partial charge in [0.25, 0.3) is 0 Å². The maximum Gasteiger partial charge on any atom is 0.481 e. The van der Waals surface area contributed by atoms with Crippen molar-refractivity contribution in [3.05, 3.63) is 0 Å². The second kappa shape index (κ2) is 6.51. The summed E-state index contributed by atoms with van der Waals surface area (Å²) >= 11 is 0. The molecule has 0 saturated carbocycles. The highest BCUT2D eigenvalue weighted by Crippen LogP contribution is 2.57. The van der Waals surface area contributed by atoms with Crippen LogP contribution in [0.15, 0.2) is 0 Å². The molecule has 14 heteroatoms.